The quantitative estimate of drug-likeness (QED) is 0.802. The summed E-state index contributed by atoms with van der Waals surface area (Å²) in [6, 6.07) is 9.79. The number of amides is 1. The Morgan fingerprint density at radius 3 is 2.50 bits per heavy atom. The van der Waals surface area contributed by atoms with Gasteiger partial charge in [0.2, 0.25) is 5.91 Å². The maximum absolute atomic E-state index is 11.7. The molecule has 0 radical (unpaired) electrons. The van der Waals surface area contributed by atoms with Gasteiger partial charge in [0.25, 0.3) is 0 Å². The zero-order valence-corrected chi connectivity index (χ0v) is 12.4. The molecule has 2 N–H and O–H groups in total. The lowest BCUT2D eigenvalue weighted by Gasteiger charge is -2.16. The van der Waals surface area contributed by atoms with Crippen LogP contribution in [0.15, 0.2) is 24.3 Å². The molecule has 0 aliphatic rings. The molecule has 1 aromatic carbocycles. The van der Waals surface area contributed by atoms with Crippen molar-refractivity contribution in [1.29, 1.82) is 5.26 Å². The minimum absolute atomic E-state index is 0.0199. The van der Waals surface area contributed by atoms with Crippen molar-refractivity contribution in [1.82, 2.24) is 10.6 Å². The van der Waals surface area contributed by atoms with Crippen molar-refractivity contribution >= 4 is 5.91 Å². The Bertz CT molecular complexity index is 462. The standard InChI is InChI=1S/C16H23N3O/c1-4-5-12(2)19-16(20)11-18-13(3)15-8-6-14(10-17)7-9-15/h6-9,12-13,18H,4-5,11H2,1-3H3,(H,19,20). The molecule has 4 heteroatoms. The molecule has 20 heavy (non-hydrogen) atoms. The third-order valence-corrected chi connectivity index (χ3v) is 3.24. The fourth-order valence-electron chi connectivity index (χ4n) is 2.04. The maximum Gasteiger partial charge on any atom is 0.234 e. The number of rotatable bonds is 7. The van der Waals surface area contributed by atoms with Crippen LogP contribution in [-0.4, -0.2) is 18.5 Å². The van der Waals surface area contributed by atoms with Crippen LogP contribution in [0.5, 0.6) is 0 Å². The van der Waals surface area contributed by atoms with E-state index in [1.807, 2.05) is 26.0 Å². The number of benzene rings is 1. The molecule has 0 aliphatic carbocycles. The molecule has 1 aromatic rings. The summed E-state index contributed by atoms with van der Waals surface area (Å²) >= 11 is 0. The molecule has 0 aliphatic heterocycles. The van der Waals surface area contributed by atoms with E-state index in [9.17, 15) is 4.79 Å². The number of hydrogen-bond acceptors (Lipinski definition) is 3. The number of hydrogen-bond donors (Lipinski definition) is 2. The molecule has 0 bridgehead atoms. The van der Waals surface area contributed by atoms with E-state index in [1.54, 1.807) is 12.1 Å². The molecule has 0 spiro atoms. The maximum atomic E-state index is 11.7. The van der Waals surface area contributed by atoms with Crippen LogP contribution in [0.2, 0.25) is 0 Å². The van der Waals surface area contributed by atoms with Crippen molar-refractivity contribution < 1.29 is 4.79 Å². The predicted molar refractivity (Wildman–Crippen MR) is 80.1 cm³/mol. The van der Waals surface area contributed by atoms with Crippen LogP contribution in [0.4, 0.5) is 0 Å². The van der Waals surface area contributed by atoms with Gasteiger partial charge in [0.05, 0.1) is 18.2 Å². The lowest BCUT2D eigenvalue weighted by Crippen LogP contribution is -2.39. The van der Waals surface area contributed by atoms with Gasteiger partial charge >= 0.3 is 0 Å². The molecule has 108 valence electrons. The molecule has 0 aromatic heterocycles. The van der Waals surface area contributed by atoms with Gasteiger partial charge in [-0.2, -0.15) is 5.26 Å². The van der Waals surface area contributed by atoms with Crippen LogP contribution in [-0.2, 0) is 4.79 Å². The molecule has 0 fully saturated rings. The summed E-state index contributed by atoms with van der Waals surface area (Å²) in [5.74, 6) is 0.0199. The average Bonchev–Trinajstić information content (AvgIpc) is 2.45. The highest BCUT2D eigenvalue weighted by Gasteiger charge is 2.09. The Morgan fingerprint density at radius 2 is 1.95 bits per heavy atom. The smallest absolute Gasteiger partial charge is 0.234 e. The van der Waals surface area contributed by atoms with Crippen LogP contribution >= 0.6 is 0 Å². The first-order chi connectivity index (χ1) is 9.56. The van der Waals surface area contributed by atoms with Crippen molar-refractivity contribution in [2.75, 3.05) is 6.54 Å². The van der Waals surface area contributed by atoms with E-state index in [4.69, 9.17) is 5.26 Å². The lowest BCUT2D eigenvalue weighted by molar-refractivity contribution is -0.121. The fourth-order valence-corrected chi connectivity index (χ4v) is 2.04. The number of nitrogens with one attached hydrogen (secondary N) is 2. The molecular weight excluding hydrogens is 250 g/mol. The van der Waals surface area contributed by atoms with Gasteiger partial charge in [0.15, 0.2) is 0 Å². The first-order valence-corrected chi connectivity index (χ1v) is 7.09. The summed E-state index contributed by atoms with van der Waals surface area (Å²) in [5, 5.41) is 14.9. The molecular formula is C16H23N3O. The first kappa shape index (κ1) is 16.2. The molecule has 0 saturated carbocycles. The topological polar surface area (TPSA) is 64.9 Å². The summed E-state index contributed by atoms with van der Waals surface area (Å²) < 4.78 is 0. The molecule has 4 nitrogen and oxygen atoms in total. The SMILES string of the molecule is CCCC(C)NC(=O)CNC(C)c1ccc(C#N)cc1. The van der Waals surface area contributed by atoms with Gasteiger partial charge < -0.3 is 10.6 Å². The molecule has 0 saturated heterocycles. The highest BCUT2D eigenvalue weighted by Crippen LogP contribution is 2.12. The van der Waals surface area contributed by atoms with Crippen LogP contribution in [0.25, 0.3) is 0 Å². The van der Waals surface area contributed by atoms with Crippen molar-refractivity contribution in [2.24, 2.45) is 0 Å². The zero-order chi connectivity index (χ0) is 15.0. The highest BCUT2D eigenvalue weighted by atomic mass is 16.1. The minimum Gasteiger partial charge on any atom is -0.353 e. The minimum atomic E-state index is 0.0199. The van der Waals surface area contributed by atoms with Crippen molar-refractivity contribution in [3.63, 3.8) is 0 Å². The van der Waals surface area contributed by atoms with Gasteiger partial charge in [-0.25, -0.2) is 0 Å². The normalized spacial score (nSPS) is 13.3. The Balaban J connectivity index is 2.40. The third kappa shape index (κ3) is 5.41. The summed E-state index contributed by atoms with van der Waals surface area (Å²) in [4.78, 5) is 11.7. The Hall–Kier alpha value is -1.86. The second kappa shape index (κ2) is 8.34. The number of carbonyl (C=O) groups excluding carboxylic acids is 1. The summed E-state index contributed by atoms with van der Waals surface area (Å²) in [6.45, 7) is 6.43. The van der Waals surface area contributed by atoms with Crippen LogP contribution < -0.4 is 10.6 Å². The van der Waals surface area contributed by atoms with E-state index in [0.29, 0.717) is 12.1 Å². The lowest BCUT2D eigenvalue weighted by atomic mass is 10.1. The van der Waals surface area contributed by atoms with E-state index in [1.165, 1.54) is 0 Å². The summed E-state index contributed by atoms with van der Waals surface area (Å²) in [6.07, 6.45) is 2.06. The monoisotopic (exact) mass is 273 g/mol. The van der Waals surface area contributed by atoms with E-state index >= 15 is 0 Å². The fraction of sp³-hybridized carbons (Fsp3) is 0.500. The molecule has 2 atom stereocenters. The Labute approximate surface area is 121 Å². The molecule has 2 unspecified atom stereocenters. The summed E-state index contributed by atoms with van der Waals surface area (Å²) in [7, 11) is 0. The van der Waals surface area contributed by atoms with Crippen LogP contribution in [0.1, 0.15) is 50.8 Å². The summed E-state index contributed by atoms with van der Waals surface area (Å²) in [5.41, 5.74) is 1.71. The van der Waals surface area contributed by atoms with Gasteiger partial charge in [-0.15, -0.1) is 0 Å². The van der Waals surface area contributed by atoms with E-state index < -0.39 is 0 Å². The highest BCUT2D eigenvalue weighted by molar-refractivity contribution is 5.78. The largest absolute Gasteiger partial charge is 0.353 e. The number of nitriles is 1. The van der Waals surface area contributed by atoms with Gasteiger partial charge in [0, 0.05) is 12.1 Å². The van der Waals surface area contributed by atoms with E-state index in [-0.39, 0.29) is 18.0 Å². The molecule has 1 rings (SSSR count). The second-order valence-corrected chi connectivity index (χ2v) is 5.09. The van der Waals surface area contributed by atoms with Crippen molar-refractivity contribution in [2.45, 2.75) is 45.7 Å². The Kier molecular flexibility index (Phi) is 6.75. The average molecular weight is 273 g/mol. The van der Waals surface area contributed by atoms with Crippen molar-refractivity contribution in [3.8, 4) is 6.07 Å². The van der Waals surface area contributed by atoms with Crippen LogP contribution in [0, 0.1) is 11.3 Å². The molecule has 1 amide bonds. The first-order valence-electron chi connectivity index (χ1n) is 7.09. The number of nitrogens with zero attached hydrogens (tertiary/aromatic N) is 1. The van der Waals surface area contributed by atoms with Gasteiger partial charge in [-0.3, -0.25) is 4.79 Å². The van der Waals surface area contributed by atoms with Gasteiger partial charge in [-0.05, 0) is 38.0 Å². The van der Waals surface area contributed by atoms with Gasteiger partial charge in [0.1, 0.15) is 0 Å². The van der Waals surface area contributed by atoms with E-state index in [2.05, 4.69) is 23.6 Å². The molecule has 0 heterocycles. The van der Waals surface area contributed by atoms with Crippen molar-refractivity contribution in [3.05, 3.63) is 35.4 Å². The van der Waals surface area contributed by atoms with Crippen LogP contribution in [0.3, 0.4) is 0 Å². The third-order valence-electron chi connectivity index (χ3n) is 3.24. The Morgan fingerprint density at radius 1 is 1.30 bits per heavy atom. The number of carbonyl (C=O) groups is 1. The van der Waals surface area contributed by atoms with Gasteiger partial charge in [-0.1, -0.05) is 25.5 Å². The zero-order valence-electron chi connectivity index (χ0n) is 12.4. The van der Waals surface area contributed by atoms with E-state index in [0.717, 1.165) is 18.4 Å². The predicted octanol–water partition coefficient (Wildman–Crippen LogP) is 2.51. The second-order valence-electron chi connectivity index (χ2n) is 5.09.